The van der Waals surface area contributed by atoms with Gasteiger partial charge in [-0.3, -0.25) is 4.79 Å². The van der Waals surface area contributed by atoms with Crippen molar-refractivity contribution in [3.05, 3.63) is 23.8 Å². The number of hydrogen-bond donors (Lipinski definition) is 1. The molecule has 5 nitrogen and oxygen atoms in total. The Hall–Kier alpha value is -2.06. The highest BCUT2D eigenvalue weighted by Gasteiger charge is 2.33. The van der Waals surface area contributed by atoms with Crippen LogP contribution in [-0.4, -0.2) is 24.2 Å². The van der Waals surface area contributed by atoms with E-state index in [2.05, 4.69) is 18.3 Å². The average molecular weight is 360 g/mol. The number of unbranched alkanes of at least 4 members (excludes halogenated alkanes) is 1. The molecule has 1 rings (SSSR count). The van der Waals surface area contributed by atoms with Gasteiger partial charge in [-0.15, -0.1) is 0 Å². The van der Waals surface area contributed by atoms with Gasteiger partial charge in [0.25, 0.3) is 5.91 Å². The number of nitriles is 1. The summed E-state index contributed by atoms with van der Waals surface area (Å²) in [6, 6.07) is 7.29. The van der Waals surface area contributed by atoms with E-state index in [-0.39, 0.29) is 12.0 Å². The first-order valence-corrected chi connectivity index (χ1v) is 9.56. The van der Waals surface area contributed by atoms with Crippen molar-refractivity contribution in [3.8, 4) is 11.8 Å². The van der Waals surface area contributed by atoms with Gasteiger partial charge in [0.05, 0.1) is 17.4 Å². The minimum absolute atomic E-state index is 0.0711. The Balaban J connectivity index is 2.96. The van der Waals surface area contributed by atoms with E-state index < -0.39 is 5.60 Å². The normalized spacial score (nSPS) is 14.2. The molecule has 144 valence electrons. The Bertz CT molecular complexity index is 614. The maximum absolute atomic E-state index is 12.8. The van der Waals surface area contributed by atoms with Crippen LogP contribution in [0.3, 0.4) is 0 Å². The maximum Gasteiger partial charge on any atom is 0.256 e. The summed E-state index contributed by atoms with van der Waals surface area (Å²) >= 11 is 0. The van der Waals surface area contributed by atoms with Crippen LogP contribution in [-0.2, 0) is 9.53 Å². The van der Waals surface area contributed by atoms with E-state index in [9.17, 15) is 10.1 Å². The predicted molar refractivity (Wildman–Crippen MR) is 104 cm³/mol. The zero-order valence-corrected chi connectivity index (χ0v) is 16.7. The average Bonchev–Trinajstić information content (AvgIpc) is 2.65. The highest BCUT2D eigenvalue weighted by molar-refractivity contribution is 5.98. The summed E-state index contributed by atoms with van der Waals surface area (Å²) in [5, 5.41) is 12.3. The lowest BCUT2D eigenvalue weighted by Gasteiger charge is -2.29. The van der Waals surface area contributed by atoms with Crippen molar-refractivity contribution in [1.82, 2.24) is 0 Å². The summed E-state index contributed by atoms with van der Waals surface area (Å²) in [6.07, 6.45) is 4.34. The van der Waals surface area contributed by atoms with Gasteiger partial charge < -0.3 is 14.8 Å². The molecular weight excluding hydrogens is 328 g/mol. The number of amides is 1. The molecule has 1 aromatic carbocycles. The Morgan fingerprint density at radius 1 is 1.31 bits per heavy atom. The summed E-state index contributed by atoms with van der Waals surface area (Å²) in [7, 11) is 0. The van der Waals surface area contributed by atoms with Crippen LogP contribution in [0.2, 0.25) is 0 Å². The number of nitrogens with one attached hydrogen (secondary N) is 1. The number of carbonyl (C=O) groups is 1. The quantitative estimate of drug-likeness (QED) is 0.599. The SMILES string of the molecule is CCCCC(C)(OCCC)C(=O)Nc1ccc(OC(C)CC)cc1C#N. The van der Waals surface area contributed by atoms with Crippen molar-refractivity contribution >= 4 is 11.6 Å². The molecule has 0 saturated heterocycles. The molecule has 2 atom stereocenters. The van der Waals surface area contributed by atoms with Crippen molar-refractivity contribution in [1.29, 1.82) is 5.26 Å². The van der Waals surface area contributed by atoms with Gasteiger partial charge in [0, 0.05) is 12.7 Å². The molecule has 0 aliphatic rings. The Labute approximate surface area is 157 Å². The molecule has 0 fully saturated rings. The third kappa shape index (κ3) is 6.34. The predicted octanol–water partition coefficient (Wildman–Crippen LogP) is 5.05. The molecule has 0 saturated carbocycles. The molecule has 1 amide bonds. The lowest BCUT2D eigenvalue weighted by Crippen LogP contribution is -2.43. The summed E-state index contributed by atoms with van der Waals surface area (Å²) in [4.78, 5) is 12.8. The molecule has 5 heteroatoms. The van der Waals surface area contributed by atoms with Gasteiger partial charge in [0.1, 0.15) is 17.4 Å². The van der Waals surface area contributed by atoms with Crippen molar-refractivity contribution in [2.45, 2.75) is 78.4 Å². The molecule has 26 heavy (non-hydrogen) atoms. The number of hydrogen-bond acceptors (Lipinski definition) is 4. The van der Waals surface area contributed by atoms with E-state index in [0.717, 1.165) is 25.7 Å². The first-order valence-electron chi connectivity index (χ1n) is 9.56. The molecule has 0 aliphatic heterocycles. The number of benzene rings is 1. The van der Waals surface area contributed by atoms with Crippen LogP contribution in [0.25, 0.3) is 0 Å². The zero-order chi connectivity index (χ0) is 19.6. The molecule has 0 aliphatic carbocycles. The fourth-order valence-electron chi connectivity index (χ4n) is 2.46. The minimum atomic E-state index is -0.898. The van der Waals surface area contributed by atoms with Crippen LogP contribution < -0.4 is 10.1 Å². The first kappa shape index (κ1) is 22.0. The van der Waals surface area contributed by atoms with Crippen LogP contribution >= 0.6 is 0 Å². The Kier molecular flexibility index (Phi) is 9.15. The Morgan fingerprint density at radius 3 is 2.62 bits per heavy atom. The standard InChI is InChI=1S/C21H32N2O3/c1-6-9-12-21(5,25-13-7-2)20(24)23-19-11-10-18(14-17(19)15-22)26-16(4)8-3/h10-11,14,16H,6-9,12-13H2,1-5H3,(H,23,24). The fraction of sp³-hybridized carbons (Fsp3) is 0.619. The van der Waals surface area contributed by atoms with Gasteiger partial charge in [0.2, 0.25) is 0 Å². The van der Waals surface area contributed by atoms with Crippen LogP contribution in [0.1, 0.15) is 72.3 Å². The second-order valence-corrected chi connectivity index (χ2v) is 6.79. The number of rotatable bonds is 11. The molecule has 0 heterocycles. The topological polar surface area (TPSA) is 71.3 Å². The van der Waals surface area contributed by atoms with Gasteiger partial charge in [-0.05, 0) is 45.2 Å². The van der Waals surface area contributed by atoms with Gasteiger partial charge in [0.15, 0.2) is 0 Å². The fourth-order valence-corrected chi connectivity index (χ4v) is 2.46. The number of ether oxygens (including phenoxy) is 2. The highest BCUT2D eigenvalue weighted by Crippen LogP contribution is 2.26. The molecule has 0 bridgehead atoms. The summed E-state index contributed by atoms with van der Waals surface area (Å²) in [5.74, 6) is 0.413. The van der Waals surface area contributed by atoms with Gasteiger partial charge in [-0.2, -0.15) is 5.26 Å². The number of carbonyl (C=O) groups excluding carboxylic acids is 1. The number of nitrogens with zero attached hydrogens (tertiary/aromatic N) is 1. The van der Waals surface area contributed by atoms with E-state index in [0.29, 0.717) is 30.0 Å². The molecule has 1 aromatic rings. The van der Waals surface area contributed by atoms with Crippen molar-refractivity contribution < 1.29 is 14.3 Å². The lowest BCUT2D eigenvalue weighted by molar-refractivity contribution is -0.140. The molecule has 0 spiro atoms. The highest BCUT2D eigenvalue weighted by atomic mass is 16.5. The maximum atomic E-state index is 12.8. The van der Waals surface area contributed by atoms with E-state index in [1.54, 1.807) is 18.2 Å². The van der Waals surface area contributed by atoms with Crippen LogP contribution in [0.4, 0.5) is 5.69 Å². The van der Waals surface area contributed by atoms with Crippen LogP contribution in [0.5, 0.6) is 5.75 Å². The second kappa shape index (κ2) is 10.8. The second-order valence-electron chi connectivity index (χ2n) is 6.79. The van der Waals surface area contributed by atoms with E-state index in [1.807, 2.05) is 27.7 Å². The van der Waals surface area contributed by atoms with Crippen molar-refractivity contribution in [2.75, 3.05) is 11.9 Å². The largest absolute Gasteiger partial charge is 0.491 e. The van der Waals surface area contributed by atoms with Crippen molar-refractivity contribution in [3.63, 3.8) is 0 Å². The van der Waals surface area contributed by atoms with Gasteiger partial charge >= 0.3 is 0 Å². The summed E-state index contributed by atoms with van der Waals surface area (Å²) in [6.45, 7) is 10.5. The Morgan fingerprint density at radius 2 is 2.04 bits per heavy atom. The van der Waals surface area contributed by atoms with E-state index in [1.165, 1.54) is 0 Å². The monoisotopic (exact) mass is 360 g/mol. The summed E-state index contributed by atoms with van der Waals surface area (Å²) in [5.41, 5.74) is -0.0331. The third-order valence-electron chi connectivity index (χ3n) is 4.38. The van der Waals surface area contributed by atoms with Gasteiger partial charge in [-0.25, -0.2) is 0 Å². The molecule has 1 N–H and O–H groups in total. The number of anilines is 1. The lowest BCUT2D eigenvalue weighted by atomic mass is 9.97. The van der Waals surface area contributed by atoms with Crippen molar-refractivity contribution in [2.24, 2.45) is 0 Å². The van der Waals surface area contributed by atoms with E-state index >= 15 is 0 Å². The zero-order valence-electron chi connectivity index (χ0n) is 16.7. The van der Waals surface area contributed by atoms with Crippen LogP contribution in [0.15, 0.2) is 18.2 Å². The summed E-state index contributed by atoms with van der Waals surface area (Å²) < 4.78 is 11.6. The minimum Gasteiger partial charge on any atom is -0.491 e. The molecular formula is C21H32N2O3. The van der Waals surface area contributed by atoms with E-state index in [4.69, 9.17) is 9.47 Å². The third-order valence-corrected chi connectivity index (χ3v) is 4.38. The molecule has 2 unspecified atom stereocenters. The van der Waals surface area contributed by atoms with Gasteiger partial charge in [-0.1, -0.05) is 33.6 Å². The first-order chi connectivity index (χ1) is 12.4. The smallest absolute Gasteiger partial charge is 0.256 e. The molecule has 0 radical (unpaired) electrons. The van der Waals surface area contributed by atoms with Crippen LogP contribution in [0, 0.1) is 11.3 Å². The molecule has 0 aromatic heterocycles.